The summed E-state index contributed by atoms with van der Waals surface area (Å²) < 4.78 is 10.7. The van der Waals surface area contributed by atoms with E-state index in [0.717, 1.165) is 36.3 Å². The fraction of sp³-hybridized carbons (Fsp3) is 0.381. The Labute approximate surface area is 164 Å². The number of nitrogens with one attached hydrogen (secondary N) is 2. The molecule has 1 aromatic carbocycles. The number of aromatic nitrogens is 2. The Morgan fingerprint density at radius 1 is 1.11 bits per heavy atom. The minimum absolute atomic E-state index is 0.176. The normalized spacial score (nSPS) is 15.1. The zero-order valence-electron chi connectivity index (χ0n) is 15.7. The highest BCUT2D eigenvalue weighted by molar-refractivity contribution is 5.92. The lowest BCUT2D eigenvalue weighted by molar-refractivity contribution is 0.0949. The van der Waals surface area contributed by atoms with E-state index in [-0.39, 0.29) is 12.7 Å². The molecule has 2 heterocycles. The van der Waals surface area contributed by atoms with Crippen molar-refractivity contribution < 1.29 is 14.3 Å². The third kappa shape index (κ3) is 4.60. The number of fused-ring (bicyclic) bond motifs is 1. The van der Waals surface area contributed by atoms with Crippen LogP contribution in [0.1, 0.15) is 48.2 Å². The van der Waals surface area contributed by atoms with E-state index in [0.29, 0.717) is 24.6 Å². The molecule has 1 amide bonds. The van der Waals surface area contributed by atoms with Crippen LogP contribution in [-0.2, 0) is 6.54 Å². The van der Waals surface area contributed by atoms with Crippen molar-refractivity contribution in [1.82, 2.24) is 15.3 Å². The number of amides is 1. The highest BCUT2D eigenvalue weighted by Gasteiger charge is 2.13. The lowest BCUT2D eigenvalue weighted by Gasteiger charge is -2.13. The smallest absolute Gasteiger partial charge is 0.270 e. The van der Waals surface area contributed by atoms with Crippen LogP contribution >= 0.6 is 0 Å². The SMILES string of the molecule is O=C(NCCC1=CCCCC1)c1cc(NCc2ccc3c(c2)OCO3)ncn1. The van der Waals surface area contributed by atoms with Crippen LogP contribution in [0.3, 0.4) is 0 Å². The molecular weight excluding hydrogens is 356 g/mol. The molecule has 0 fully saturated rings. The molecule has 2 N–H and O–H groups in total. The maximum absolute atomic E-state index is 12.4. The van der Waals surface area contributed by atoms with Gasteiger partial charge in [0.1, 0.15) is 17.8 Å². The van der Waals surface area contributed by atoms with Gasteiger partial charge in [-0.15, -0.1) is 0 Å². The van der Waals surface area contributed by atoms with Gasteiger partial charge in [0.05, 0.1) is 0 Å². The number of carbonyl (C=O) groups excluding carboxylic acids is 1. The molecule has 0 saturated carbocycles. The average molecular weight is 380 g/mol. The molecule has 0 bridgehead atoms. The first-order valence-electron chi connectivity index (χ1n) is 9.68. The zero-order valence-corrected chi connectivity index (χ0v) is 15.7. The molecule has 0 radical (unpaired) electrons. The van der Waals surface area contributed by atoms with Crippen molar-refractivity contribution in [3.63, 3.8) is 0 Å². The summed E-state index contributed by atoms with van der Waals surface area (Å²) >= 11 is 0. The Kier molecular flexibility index (Phi) is 5.70. The minimum atomic E-state index is -0.176. The van der Waals surface area contributed by atoms with E-state index in [2.05, 4.69) is 26.7 Å². The second kappa shape index (κ2) is 8.73. The number of anilines is 1. The summed E-state index contributed by atoms with van der Waals surface area (Å²) in [6.07, 6.45) is 9.46. The first-order valence-corrected chi connectivity index (χ1v) is 9.68. The van der Waals surface area contributed by atoms with Crippen molar-refractivity contribution in [3.05, 3.63) is 53.5 Å². The highest BCUT2D eigenvalue weighted by Crippen LogP contribution is 2.32. The standard InChI is InChI=1S/C21H24N4O3/c26-21(22-9-8-15-4-2-1-3-5-15)17-11-20(25-13-24-17)23-12-16-6-7-18-19(10-16)28-14-27-18/h4,6-7,10-11,13H,1-3,5,8-9,12,14H2,(H,22,26)(H,23,24,25). The molecule has 0 unspecified atom stereocenters. The van der Waals surface area contributed by atoms with E-state index in [1.165, 1.54) is 24.7 Å². The third-order valence-electron chi connectivity index (χ3n) is 4.93. The fourth-order valence-corrected chi connectivity index (χ4v) is 3.38. The summed E-state index contributed by atoms with van der Waals surface area (Å²) in [6.45, 7) is 1.45. The van der Waals surface area contributed by atoms with Gasteiger partial charge in [0.25, 0.3) is 5.91 Å². The maximum Gasteiger partial charge on any atom is 0.270 e. The molecule has 28 heavy (non-hydrogen) atoms. The molecular formula is C21H24N4O3. The summed E-state index contributed by atoms with van der Waals surface area (Å²) in [7, 11) is 0. The number of allylic oxidation sites excluding steroid dienone is 1. The van der Waals surface area contributed by atoms with E-state index in [4.69, 9.17) is 9.47 Å². The van der Waals surface area contributed by atoms with Gasteiger partial charge in [0.15, 0.2) is 11.5 Å². The number of carbonyl (C=O) groups is 1. The van der Waals surface area contributed by atoms with E-state index >= 15 is 0 Å². The quantitative estimate of drug-likeness (QED) is 0.716. The van der Waals surface area contributed by atoms with Crippen LogP contribution in [0.5, 0.6) is 11.5 Å². The lowest BCUT2D eigenvalue weighted by Crippen LogP contribution is -2.26. The van der Waals surface area contributed by atoms with Crippen LogP contribution in [0.4, 0.5) is 5.82 Å². The summed E-state index contributed by atoms with van der Waals surface area (Å²) in [6, 6.07) is 7.46. The number of benzene rings is 1. The number of hydrogen-bond acceptors (Lipinski definition) is 6. The zero-order chi connectivity index (χ0) is 19.2. The molecule has 146 valence electrons. The molecule has 7 nitrogen and oxygen atoms in total. The van der Waals surface area contributed by atoms with Crippen LogP contribution in [-0.4, -0.2) is 29.2 Å². The molecule has 0 saturated heterocycles. The van der Waals surface area contributed by atoms with Gasteiger partial charge >= 0.3 is 0 Å². The van der Waals surface area contributed by atoms with Gasteiger partial charge in [-0.1, -0.05) is 17.7 Å². The Morgan fingerprint density at radius 3 is 2.93 bits per heavy atom. The Hall–Kier alpha value is -3.09. The number of rotatable bonds is 7. The molecule has 2 aromatic rings. The van der Waals surface area contributed by atoms with E-state index < -0.39 is 0 Å². The molecule has 2 aliphatic rings. The molecule has 0 atom stereocenters. The second-order valence-electron chi connectivity index (χ2n) is 6.94. The van der Waals surface area contributed by atoms with Crippen LogP contribution in [0.2, 0.25) is 0 Å². The predicted octanol–water partition coefficient (Wildman–Crippen LogP) is 3.44. The summed E-state index contributed by atoms with van der Waals surface area (Å²) in [5.74, 6) is 1.93. The first-order chi connectivity index (χ1) is 13.8. The maximum atomic E-state index is 12.4. The van der Waals surface area contributed by atoms with Gasteiger partial charge in [0, 0.05) is 19.2 Å². The molecule has 1 aliphatic heterocycles. The van der Waals surface area contributed by atoms with Crippen molar-refractivity contribution in [3.8, 4) is 11.5 Å². The molecule has 1 aliphatic carbocycles. The van der Waals surface area contributed by atoms with Gasteiger partial charge in [-0.05, 0) is 49.8 Å². The van der Waals surface area contributed by atoms with Gasteiger partial charge in [-0.2, -0.15) is 0 Å². The summed E-state index contributed by atoms with van der Waals surface area (Å²) in [5.41, 5.74) is 2.84. The van der Waals surface area contributed by atoms with Gasteiger partial charge in [-0.3, -0.25) is 4.79 Å². The Bertz CT molecular complexity index is 882. The van der Waals surface area contributed by atoms with Crippen LogP contribution in [0.15, 0.2) is 42.2 Å². The van der Waals surface area contributed by atoms with Crippen molar-refractivity contribution in [2.45, 2.75) is 38.6 Å². The lowest BCUT2D eigenvalue weighted by atomic mass is 9.97. The van der Waals surface area contributed by atoms with Crippen LogP contribution < -0.4 is 20.1 Å². The molecule has 0 spiro atoms. The Morgan fingerprint density at radius 2 is 2.04 bits per heavy atom. The van der Waals surface area contributed by atoms with Gasteiger partial charge in [-0.25, -0.2) is 9.97 Å². The van der Waals surface area contributed by atoms with Gasteiger partial charge in [0.2, 0.25) is 6.79 Å². The molecule has 4 rings (SSSR count). The van der Waals surface area contributed by atoms with E-state index in [1.54, 1.807) is 6.07 Å². The van der Waals surface area contributed by atoms with Crippen molar-refractivity contribution in [1.29, 1.82) is 0 Å². The van der Waals surface area contributed by atoms with E-state index in [9.17, 15) is 4.79 Å². The second-order valence-corrected chi connectivity index (χ2v) is 6.94. The van der Waals surface area contributed by atoms with Crippen molar-refractivity contribution in [2.24, 2.45) is 0 Å². The monoisotopic (exact) mass is 380 g/mol. The summed E-state index contributed by atoms with van der Waals surface area (Å²) in [4.78, 5) is 20.7. The van der Waals surface area contributed by atoms with Gasteiger partial charge < -0.3 is 20.1 Å². The first kappa shape index (κ1) is 18.3. The third-order valence-corrected chi connectivity index (χ3v) is 4.93. The fourth-order valence-electron chi connectivity index (χ4n) is 3.38. The molecule has 1 aromatic heterocycles. The number of ether oxygens (including phenoxy) is 2. The topological polar surface area (TPSA) is 85.4 Å². The number of nitrogens with zero attached hydrogens (tertiary/aromatic N) is 2. The summed E-state index contributed by atoms with van der Waals surface area (Å²) in [5, 5.41) is 6.17. The average Bonchev–Trinajstić information content (AvgIpc) is 3.21. The highest BCUT2D eigenvalue weighted by atomic mass is 16.7. The largest absolute Gasteiger partial charge is 0.454 e. The van der Waals surface area contributed by atoms with Crippen molar-refractivity contribution in [2.75, 3.05) is 18.7 Å². The predicted molar refractivity (Wildman–Crippen MR) is 105 cm³/mol. The van der Waals surface area contributed by atoms with E-state index in [1.807, 2.05) is 18.2 Å². The van der Waals surface area contributed by atoms with Crippen LogP contribution in [0.25, 0.3) is 0 Å². The van der Waals surface area contributed by atoms with Crippen LogP contribution in [0, 0.1) is 0 Å². The van der Waals surface area contributed by atoms with Crippen molar-refractivity contribution >= 4 is 11.7 Å². The molecule has 7 heteroatoms. The number of hydrogen-bond donors (Lipinski definition) is 2. The minimum Gasteiger partial charge on any atom is -0.454 e. The Balaban J connectivity index is 1.29.